The van der Waals surface area contributed by atoms with Gasteiger partial charge in [0.2, 0.25) is 5.65 Å². The number of hydrogen-bond acceptors (Lipinski definition) is 4. The minimum atomic E-state index is 0.472. The molecule has 0 aliphatic heterocycles. The highest BCUT2D eigenvalue weighted by Crippen LogP contribution is 2.27. The average molecular weight is 304 g/mol. The van der Waals surface area contributed by atoms with E-state index in [9.17, 15) is 0 Å². The summed E-state index contributed by atoms with van der Waals surface area (Å²) in [6, 6.07) is 15.8. The van der Waals surface area contributed by atoms with Gasteiger partial charge in [0.1, 0.15) is 11.6 Å². The molecule has 0 atom stereocenters. The molecule has 5 nitrogen and oxygen atoms in total. The van der Waals surface area contributed by atoms with Crippen LogP contribution in [0.1, 0.15) is 18.3 Å². The number of fused-ring (bicyclic) bond motifs is 3. The molecule has 2 aromatic carbocycles. The Morgan fingerprint density at radius 2 is 1.78 bits per heavy atom. The summed E-state index contributed by atoms with van der Waals surface area (Å²) in [5.41, 5.74) is 3.67. The minimum Gasteiger partial charge on any atom is -0.436 e. The van der Waals surface area contributed by atoms with Gasteiger partial charge >= 0.3 is 0 Å². The van der Waals surface area contributed by atoms with Crippen LogP contribution in [0.3, 0.4) is 0 Å². The number of para-hydroxylation sites is 2. The van der Waals surface area contributed by atoms with Gasteiger partial charge in [0.15, 0.2) is 0 Å². The Labute approximate surface area is 133 Å². The van der Waals surface area contributed by atoms with Crippen molar-refractivity contribution >= 4 is 16.7 Å². The fourth-order valence-corrected chi connectivity index (χ4v) is 2.63. The maximum atomic E-state index is 5.98. The molecule has 0 radical (unpaired) electrons. The molecule has 2 aromatic heterocycles. The molecular weight excluding hydrogens is 288 g/mol. The topological polar surface area (TPSA) is 52.3 Å². The van der Waals surface area contributed by atoms with E-state index in [1.807, 2.05) is 59.9 Å². The highest BCUT2D eigenvalue weighted by Gasteiger charge is 2.15. The predicted octanol–water partition coefficient (Wildman–Crippen LogP) is 3.94. The molecule has 0 N–H and O–H groups in total. The second kappa shape index (κ2) is 5.35. The van der Waals surface area contributed by atoms with Gasteiger partial charge < -0.3 is 4.74 Å². The van der Waals surface area contributed by atoms with Crippen molar-refractivity contribution in [1.29, 1.82) is 0 Å². The van der Waals surface area contributed by atoms with Crippen LogP contribution in [-0.4, -0.2) is 19.6 Å². The zero-order chi connectivity index (χ0) is 15.8. The smallest absolute Gasteiger partial charge is 0.266 e. The Balaban J connectivity index is 1.94. The molecule has 4 rings (SSSR count). The van der Waals surface area contributed by atoms with Gasteiger partial charge in [0.25, 0.3) is 5.88 Å². The molecular formula is C18H16N4O. The molecule has 0 fully saturated rings. The monoisotopic (exact) mass is 304 g/mol. The van der Waals surface area contributed by atoms with Gasteiger partial charge in [-0.2, -0.15) is 0 Å². The first-order valence-electron chi connectivity index (χ1n) is 7.63. The highest BCUT2D eigenvalue weighted by atomic mass is 16.5. The van der Waals surface area contributed by atoms with Crippen molar-refractivity contribution in [2.45, 2.75) is 20.3 Å². The van der Waals surface area contributed by atoms with Crippen LogP contribution >= 0.6 is 0 Å². The Morgan fingerprint density at radius 3 is 2.57 bits per heavy atom. The van der Waals surface area contributed by atoms with E-state index in [2.05, 4.69) is 22.1 Å². The first kappa shape index (κ1) is 13.7. The number of aromatic nitrogens is 4. The van der Waals surface area contributed by atoms with Crippen LogP contribution in [0.5, 0.6) is 11.6 Å². The van der Waals surface area contributed by atoms with Crippen molar-refractivity contribution in [3.63, 3.8) is 0 Å². The normalized spacial score (nSPS) is 11.2. The van der Waals surface area contributed by atoms with Crippen LogP contribution < -0.4 is 4.74 Å². The summed E-state index contributed by atoms with van der Waals surface area (Å²) in [6.07, 6.45) is 0.791. The molecule has 0 aliphatic rings. The Hall–Kier alpha value is -2.95. The number of ether oxygens (including phenoxy) is 1. The van der Waals surface area contributed by atoms with E-state index < -0.39 is 0 Å². The van der Waals surface area contributed by atoms with Crippen LogP contribution in [0.25, 0.3) is 16.7 Å². The molecule has 114 valence electrons. The summed E-state index contributed by atoms with van der Waals surface area (Å²) in [5, 5.41) is 8.55. The lowest BCUT2D eigenvalue weighted by atomic mass is 10.2. The summed E-state index contributed by atoms with van der Waals surface area (Å²) in [4.78, 5) is 4.62. The molecule has 2 heterocycles. The van der Waals surface area contributed by atoms with Crippen LogP contribution in [0, 0.1) is 6.92 Å². The van der Waals surface area contributed by atoms with Crippen LogP contribution in [-0.2, 0) is 6.42 Å². The standard InChI is InChI=1S/C18H16N4O/c1-3-16-20-21-17-18(23-13-10-8-12(2)9-11-13)19-14-6-4-5-7-15(14)22(16)17/h4-11H,3H2,1-2H3. The molecule has 0 amide bonds. The van der Waals surface area contributed by atoms with E-state index in [0.29, 0.717) is 11.5 Å². The molecule has 0 aliphatic carbocycles. The zero-order valence-corrected chi connectivity index (χ0v) is 13.0. The van der Waals surface area contributed by atoms with Gasteiger partial charge in [0, 0.05) is 6.42 Å². The van der Waals surface area contributed by atoms with E-state index in [0.717, 1.165) is 29.0 Å². The Kier molecular flexibility index (Phi) is 3.19. The van der Waals surface area contributed by atoms with Crippen molar-refractivity contribution in [2.75, 3.05) is 0 Å². The van der Waals surface area contributed by atoms with E-state index >= 15 is 0 Å². The third-order valence-electron chi connectivity index (χ3n) is 3.82. The number of benzene rings is 2. The Morgan fingerprint density at radius 1 is 1.00 bits per heavy atom. The number of aryl methyl sites for hydroxylation is 2. The van der Waals surface area contributed by atoms with Crippen molar-refractivity contribution in [1.82, 2.24) is 19.6 Å². The van der Waals surface area contributed by atoms with E-state index in [1.54, 1.807) is 0 Å². The summed E-state index contributed by atoms with van der Waals surface area (Å²) in [6.45, 7) is 4.11. The van der Waals surface area contributed by atoms with E-state index in [4.69, 9.17) is 4.74 Å². The molecule has 4 aromatic rings. The lowest BCUT2D eigenvalue weighted by molar-refractivity contribution is 0.467. The molecule has 5 heteroatoms. The second-order valence-corrected chi connectivity index (χ2v) is 5.45. The van der Waals surface area contributed by atoms with Crippen LogP contribution in [0.4, 0.5) is 0 Å². The number of nitrogens with zero attached hydrogens (tertiary/aromatic N) is 4. The fourth-order valence-electron chi connectivity index (χ4n) is 2.63. The number of hydrogen-bond donors (Lipinski definition) is 0. The van der Waals surface area contributed by atoms with Crippen LogP contribution in [0.2, 0.25) is 0 Å². The molecule has 0 unspecified atom stereocenters. The van der Waals surface area contributed by atoms with Gasteiger partial charge in [-0.1, -0.05) is 36.8 Å². The third-order valence-corrected chi connectivity index (χ3v) is 3.82. The largest absolute Gasteiger partial charge is 0.436 e. The third kappa shape index (κ3) is 2.30. The van der Waals surface area contributed by atoms with Crippen molar-refractivity contribution in [3.05, 3.63) is 59.9 Å². The molecule has 23 heavy (non-hydrogen) atoms. The summed E-state index contributed by atoms with van der Waals surface area (Å²) in [7, 11) is 0. The highest BCUT2D eigenvalue weighted by molar-refractivity contribution is 5.79. The average Bonchev–Trinajstić information content (AvgIpc) is 3.02. The number of rotatable bonds is 3. The van der Waals surface area contributed by atoms with E-state index in [-0.39, 0.29) is 0 Å². The van der Waals surface area contributed by atoms with Crippen LogP contribution in [0.15, 0.2) is 48.5 Å². The summed E-state index contributed by atoms with van der Waals surface area (Å²) >= 11 is 0. The first-order chi connectivity index (χ1) is 11.3. The second-order valence-electron chi connectivity index (χ2n) is 5.45. The van der Waals surface area contributed by atoms with Gasteiger partial charge in [-0.15, -0.1) is 10.2 Å². The van der Waals surface area contributed by atoms with Gasteiger partial charge in [-0.3, -0.25) is 4.40 Å². The summed E-state index contributed by atoms with van der Waals surface area (Å²) in [5.74, 6) is 2.11. The fraction of sp³-hybridized carbons (Fsp3) is 0.167. The van der Waals surface area contributed by atoms with Gasteiger partial charge in [-0.05, 0) is 31.2 Å². The minimum absolute atomic E-state index is 0.472. The summed E-state index contributed by atoms with van der Waals surface area (Å²) < 4.78 is 8.00. The molecule has 0 bridgehead atoms. The van der Waals surface area contributed by atoms with Crippen molar-refractivity contribution < 1.29 is 4.74 Å². The maximum Gasteiger partial charge on any atom is 0.266 e. The molecule has 0 saturated heterocycles. The van der Waals surface area contributed by atoms with Crippen molar-refractivity contribution in [2.24, 2.45) is 0 Å². The van der Waals surface area contributed by atoms with Crippen molar-refractivity contribution in [3.8, 4) is 11.6 Å². The van der Waals surface area contributed by atoms with Gasteiger partial charge in [0.05, 0.1) is 11.0 Å². The van der Waals surface area contributed by atoms with E-state index in [1.165, 1.54) is 5.56 Å². The lowest BCUT2D eigenvalue weighted by Crippen LogP contribution is -1.99. The van der Waals surface area contributed by atoms with Gasteiger partial charge in [-0.25, -0.2) is 4.98 Å². The molecule has 0 spiro atoms. The maximum absolute atomic E-state index is 5.98. The first-order valence-corrected chi connectivity index (χ1v) is 7.63. The lowest BCUT2D eigenvalue weighted by Gasteiger charge is -2.09. The Bertz CT molecular complexity index is 989. The SMILES string of the molecule is CCc1nnc2c(Oc3ccc(C)cc3)nc3ccccc3n12. The zero-order valence-electron chi connectivity index (χ0n) is 13.0. The molecule has 0 saturated carbocycles. The predicted molar refractivity (Wildman–Crippen MR) is 88.9 cm³/mol. The quantitative estimate of drug-likeness (QED) is 0.575.